The van der Waals surface area contributed by atoms with Crippen LogP contribution in [-0.2, 0) is 0 Å². The van der Waals surface area contributed by atoms with Crippen molar-refractivity contribution in [1.29, 1.82) is 0 Å². The summed E-state index contributed by atoms with van der Waals surface area (Å²) in [7, 11) is 1.65. The summed E-state index contributed by atoms with van der Waals surface area (Å²) in [5.41, 5.74) is 0.896. The molecule has 0 saturated carbocycles. The lowest BCUT2D eigenvalue weighted by molar-refractivity contribution is 0.414. The molecule has 0 fully saturated rings. The molecule has 0 bridgehead atoms. The zero-order valence-corrected chi connectivity index (χ0v) is 16.6. The van der Waals surface area contributed by atoms with Crippen LogP contribution < -0.4 is 10.3 Å². The van der Waals surface area contributed by atoms with Crippen LogP contribution in [0.5, 0.6) is 5.75 Å². The molecule has 0 aliphatic carbocycles. The number of thioether (sulfide) groups is 1. The van der Waals surface area contributed by atoms with Crippen molar-refractivity contribution in [2.45, 2.75) is 17.1 Å². The molecule has 0 aliphatic heterocycles. The second-order valence-corrected chi connectivity index (χ2v) is 8.91. The molecular formula is C19H16N2O2S3. The van der Waals surface area contributed by atoms with Gasteiger partial charge >= 0.3 is 0 Å². The first kappa shape index (κ1) is 17.3. The summed E-state index contributed by atoms with van der Waals surface area (Å²) in [4.78, 5) is 23.4. The van der Waals surface area contributed by atoms with Crippen LogP contribution in [0.3, 0.4) is 0 Å². The van der Waals surface area contributed by atoms with Gasteiger partial charge in [0.25, 0.3) is 5.56 Å². The lowest BCUT2D eigenvalue weighted by Crippen LogP contribution is -2.12. The van der Waals surface area contributed by atoms with Gasteiger partial charge in [-0.15, -0.1) is 34.4 Å². The molecule has 1 atom stereocenters. The molecule has 4 rings (SSSR count). The maximum Gasteiger partial charge on any atom is 0.260 e. The summed E-state index contributed by atoms with van der Waals surface area (Å²) < 4.78 is 5.19. The number of hydrogen-bond acceptors (Lipinski definition) is 6. The highest BCUT2D eigenvalue weighted by molar-refractivity contribution is 7.99. The highest BCUT2D eigenvalue weighted by Gasteiger charge is 2.17. The van der Waals surface area contributed by atoms with Gasteiger partial charge < -0.3 is 9.72 Å². The van der Waals surface area contributed by atoms with Gasteiger partial charge in [0.1, 0.15) is 16.4 Å². The van der Waals surface area contributed by atoms with Crippen molar-refractivity contribution < 1.29 is 4.74 Å². The smallest absolute Gasteiger partial charge is 0.260 e. The van der Waals surface area contributed by atoms with Crippen LogP contribution in [0.15, 0.2) is 56.8 Å². The Kier molecular flexibility index (Phi) is 4.84. The predicted molar refractivity (Wildman–Crippen MR) is 111 cm³/mol. The number of nitrogens with one attached hydrogen (secondary N) is 1. The highest BCUT2D eigenvalue weighted by atomic mass is 32.2. The molecule has 132 valence electrons. The van der Waals surface area contributed by atoms with Crippen molar-refractivity contribution in [2.24, 2.45) is 0 Å². The van der Waals surface area contributed by atoms with Gasteiger partial charge in [-0.1, -0.05) is 6.07 Å². The first-order valence-electron chi connectivity index (χ1n) is 8.01. The van der Waals surface area contributed by atoms with Crippen molar-refractivity contribution in [3.63, 3.8) is 0 Å². The Bertz CT molecular complexity index is 1080. The fourth-order valence-corrected chi connectivity index (χ4v) is 5.38. The van der Waals surface area contributed by atoms with E-state index in [0.717, 1.165) is 25.9 Å². The Hall–Kier alpha value is -2.09. The van der Waals surface area contributed by atoms with E-state index in [4.69, 9.17) is 9.72 Å². The fraction of sp³-hybridized carbons (Fsp3) is 0.158. The second-order valence-electron chi connectivity index (χ2n) is 5.69. The van der Waals surface area contributed by atoms with Crippen molar-refractivity contribution in [2.75, 3.05) is 7.11 Å². The van der Waals surface area contributed by atoms with Crippen LogP contribution in [0.25, 0.3) is 20.7 Å². The van der Waals surface area contributed by atoms with Crippen LogP contribution in [-0.4, -0.2) is 17.1 Å². The zero-order chi connectivity index (χ0) is 18.1. The Morgan fingerprint density at radius 1 is 1.19 bits per heavy atom. The summed E-state index contributed by atoms with van der Waals surface area (Å²) in [6, 6.07) is 11.9. The van der Waals surface area contributed by atoms with Crippen LogP contribution >= 0.6 is 34.4 Å². The van der Waals surface area contributed by atoms with Gasteiger partial charge in [-0.3, -0.25) is 4.79 Å². The van der Waals surface area contributed by atoms with E-state index >= 15 is 0 Å². The monoisotopic (exact) mass is 400 g/mol. The molecule has 0 amide bonds. The lowest BCUT2D eigenvalue weighted by Gasteiger charge is -2.11. The molecular weight excluding hydrogens is 384 g/mol. The van der Waals surface area contributed by atoms with Gasteiger partial charge in [0.2, 0.25) is 0 Å². The average molecular weight is 401 g/mol. The molecule has 0 radical (unpaired) electrons. The van der Waals surface area contributed by atoms with E-state index in [1.807, 2.05) is 54.1 Å². The van der Waals surface area contributed by atoms with E-state index < -0.39 is 0 Å². The number of rotatable bonds is 5. The first-order chi connectivity index (χ1) is 12.7. The van der Waals surface area contributed by atoms with Crippen molar-refractivity contribution in [3.8, 4) is 16.2 Å². The Morgan fingerprint density at radius 3 is 2.69 bits per heavy atom. The first-order valence-corrected chi connectivity index (χ1v) is 10.7. The second kappa shape index (κ2) is 7.26. The molecule has 1 aromatic carbocycles. The fourth-order valence-electron chi connectivity index (χ4n) is 2.69. The lowest BCUT2D eigenvalue weighted by atomic mass is 10.2. The molecule has 4 aromatic rings. The number of methoxy groups -OCH3 is 1. The number of thiophene rings is 2. The SMILES string of the molecule is COc1ccc(S[C@H](C)c2nc3scc(-c4cccs4)c3c(=O)[nH]2)cc1. The van der Waals surface area contributed by atoms with Crippen molar-refractivity contribution in [3.05, 3.63) is 63.3 Å². The molecule has 0 saturated heterocycles. The number of fused-ring (bicyclic) bond motifs is 1. The predicted octanol–water partition coefficient (Wildman–Crippen LogP) is 5.58. The van der Waals surface area contributed by atoms with Gasteiger partial charge in [-0.25, -0.2) is 4.98 Å². The maximum atomic E-state index is 12.7. The highest BCUT2D eigenvalue weighted by Crippen LogP contribution is 2.36. The van der Waals surface area contributed by atoms with E-state index in [9.17, 15) is 4.79 Å². The summed E-state index contributed by atoms with van der Waals surface area (Å²) in [6.45, 7) is 2.05. The summed E-state index contributed by atoms with van der Waals surface area (Å²) in [5.74, 6) is 1.53. The third-order valence-electron chi connectivity index (χ3n) is 4.01. The number of ether oxygens (including phenoxy) is 1. The van der Waals surface area contributed by atoms with E-state index in [1.165, 1.54) is 11.3 Å². The summed E-state index contributed by atoms with van der Waals surface area (Å²) >= 11 is 4.81. The Balaban J connectivity index is 1.65. The molecule has 3 heterocycles. The van der Waals surface area contributed by atoms with Gasteiger partial charge in [-0.2, -0.15) is 0 Å². The number of H-pyrrole nitrogens is 1. The number of aromatic nitrogens is 2. The number of nitrogens with zero attached hydrogens (tertiary/aromatic N) is 1. The quantitative estimate of drug-likeness (QED) is 0.445. The van der Waals surface area contributed by atoms with Crippen molar-refractivity contribution in [1.82, 2.24) is 9.97 Å². The van der Waals surface area contributed by atoms with Crippen LogP contribution in [0.4, 0.5) is 0 Å². The third-order valence-corrected chi connectivity index (χ3v) is 6.90. The van der Waals surface area contributed by atoms with Crippen LogP contribution in [0.1, 0.15) is 18.0 Å². The summed E-state index contributed by atoms with van der Waals surface area (Å²) in [5, 5.41) is 4.75. The zero-order valence-electron chi connectivity index (χ0n) is 14.2. The van der Waals surface area contributed by atoms with Gasteiger partial charge in [0.15, 0.2) is 0 Å². The summed E-state index contributed by atoms with van der Waals surface area (Å²) in [6.07, 6.45) is 0. The molecule has 4 nitrogen and oxygen atoms in total. The minimum atomic E-state index is -0.0724. The van der Waals surface area contributed by atoms with E-state index in [-0.39, 0.29) is 10.8 Å². The number of benzene rings is 1. The van der Waals surface area contributed by atoms with Gasteiger partial charge in [-0.05, 0) is 42.6 Å². The molecule has 7 heteroatoms. The molecule has 1 N–H and O–H groups in total. The largest absolute Gasteiger partial charge is 0.497 e. The van der Waals surface area contributed by atoms with Crippen LogP contribution in [0.2, 0.25) is 0 Å². The Morgan fingerprint density at radius 2 is 2.00 bits per heavy atom. The molecule has 0 unspecified atom stereocenters. The minimum Gasteiger partial charge on any atom is -0.497 e. The minimum absolute atomic E-state index is 0.0350. The average Bonchev–Trinajstić information content (AvgIpc) is 3.31. The van der Waals surface area contributed by atoms with E-state index in [2.05, 4.69) is 4.98 Å². The molecule has 0 aliphatic rings. The number of aromatic amines is 1. The molecule has 0 spiro atoms. The van der Waals surface area contributed by atoms with Gasteiger partial charge in [0, 0.05) is 20.7 Å². The molecule has 26 heavy (non-hydrogen) atoms. The Labute approximate surface area is 162 Å². The third kappa shape index (κ3) is 3.30. The van der Waals surface area contributed by atoms with E-state index in [1.54, 1.807) is 30.2 Å². The standard InChI is InChI=1S/C19H16N2O2S3/c1-11(26-13-7-5-12(23-2)6-8-13)17-20-18(22)16-14(10-25-19(16)21-17)15-4-3-9-24-15/h3-11H,1-2H3,(H,20,21,22)/t11-/m1/s1. The van der Waals surface area contributed by atoms with Crippen molar-refractivity contribution >= 4 is 44.7 Å². The molecule has 3 aromatic heterocycles. The van der Waals surface area contributed by atoms with Crippen LogP contribution in [0, 0.1) is 0 Å². The number of hydrogen-bond donors (Lipinski definition) is 1. The maximum absolute atomic E-state index is 12.7. The van der Waals surface area contributed by atoms with Gasteiger partial charge in [0.05, 0.1) is 17.7 Å². The normalized spacial score (nSPS) is 12.4. The van der Waals surface area contributed by atoms with E-state index in [0.29, 0.717) is 11.2 Å². The topological polar surface area (TPSA) is 55.0 Å².